The third-order valence-electron chi connectivity index (χ3n) is 4.71. The van der Waals surface area contributed by atoms with Gasteiger partial charge in [-0.05, 0) is 44.2 Å². The summed E-state index contributed by atoms with van der Waals surface area (Å²) in [5, 5.41) is 0. The number of likely N-dealkylation sites (tertiary alicyclic amines) is 2. The standard InChI is InChI=1S/C15H23N3O/c1-16-13-9-11-10-17(2)8-5-12(11)14(13)15(19)18-6-3-4-7-18/h11H,3-10H2,1-2H3. The van der Waals surface area contributed by atoms with Crippen LogP contribution in [0.4, 0.5) is 0 Å². The van der Waals surface area contributed by atoms with Gasteiger partial charge in [0, 0.05) is 38.9 Å². The van der Waals surface area contributed by atoms with E-state index in [1.54, 1.807) is 0 Å². The summed E-state index contributed by atoms with van der Waals surface area (Å²) in [5.41, 5.74) is 3.41. The van der Waals surface area contributed by atoms with Crippen molar-refractivity contribution in [2.75, 3.05) is 40.3 Å². The molecule has 2 aliphatic heterocycles. The number of hydrogen-bond donors (Lipinski definition) is 0. The van der Waals surface area contributed by atoms with Gasteiger partial charge in [0.15, 0.2) is 0 Å². The number of carbonyl (C=O) groups is 1. The maximum Gasteiger partial charge on any atom is 0.255 e. The minimum atomic E-state index is 0.250. The summed E-state index contributed by atoms with van der Waals surface area (Å²) in [5.74, 6) is 0.777. The Morgan fingerprint density at radius 3 is 2.68 bits per heavy atom. The molecule has 3 aliphatic rings. The smallest absolute Gasteiger partial charge is 0.255 e. The van der Waals surface area contributed by atoms with Gasteiger partial charge in [0.25, 0.3) is 5.91 Å². The molecule has 104 valence electrons. The van der Waals surface area contributed by atoms with E-state index >= 15 is 0 Å². The first kappa shape index (κ1) is 12.9. The van der Waals surface area contributed by atoms with Crippen molar-refractivity contribution in [3.05, 3.63) is 11.1 Å². The van der Waals surface area contributed by atoms with E-state index in [2.05, 4.69) is 16.9 Å². The Bertz CT molecular complexity index is 446. The second-order valence-corrected chi connectivity index (χ2v) is 5.98. The topological polar surface area (TPSA) is 35.9 Å². The number of hydrogen-bond acceptors (Lipinski definition) is 3. The average molecular weight is 261 g/mol. The minimum absolute atomic E-state index is 0.250. The minimum Gasteiger partial charge on any atom is -0.339 e. The Labute approximate surface area is 115 Å². The van der Waals surface area contributed by atoms with E-state index in [9.17, 15) is 4.79 Å². The molecule has 1 amide bonds. The third-order valence-corrected chi connectivity index (χ3v) is 4.71. The van der Waals surface area contributed by atoms with Gasteiger partial charge in [0.05, 0.1) is 5.57 Å². The van der Waals surface area contributed by atoms with Gasteiger partial charge >= 0.3 is 0 Å². The van der Waals surface area contributed by atoms with Crippen LogP contribution in [0.15, 0.2) is 16.1 Å². The van der Waals surface area contributed by atoms with Crippen molar-refractivity contribution in [2.45, 2.75) is 25.7 Å². The van der Waals surface area contributed by atoms with Crippen LogP contribution in [-0.4, -0.2) is 61.7 Å². The van der Waals surface area contributed by atoms with Crippen LogP contribution in [0.5, 0.6) is 0 Å². The van der Waals surface area contributed by atoms with E-state index in [1.807, 2.05) is 11.9 Å². The quantitative estimate of drug-likeness (QED) is 0.714. The van der Waals surface area contributed by atoms with E-state index < -0.39 is 0 Å². The molecule has 0 N–H and O–H groups in total. The van der Waals surface area contributed by atoms with Crippen molar-refractivity contribution >= 4 is 11.6 Å². The van der Waals surface area contributed by atoms with Crippen molar-refractivity contribution in [1.82, 2.24) is 9.80 Å². The molecule has 1 unspecified atom stereocenters. The zero-order chi connectivity index (χ0) is 13.4. The second-order valence-electron chi connectivity index (χ2n) is 5.98. The fourth-order valence-corrected chi connectivity index (χ4v) is 3.67. The lowest BCUT2D eigenvalue weighted by atomic mass is 9.93. The molecule has 1 atom stereocenters. The van der Waals surface area contributed by atoms with Gasteiger partial charge in [-0.15, -0.1) is 0 Å². The lowest BCUT2D eigenvalue weighted by Gasteiger charge is -2.29. The third kappa shape index (κ3) is 2.22. The molecule has 3 rings (SSSR count). The van der Waals surface area contributed by atoms with Crippen molar-refractivity contribution in [1.29, 1.82) is 0 Å². The summed E-state index contributed by atoms with van der Waals surface area (Å²) in [7, 11) is 3.99. The van der Waals surface area contributed by atoms with Crippen LogP contribution in [-0.2, 0) is 4.79 Å². The number of piperidine rings is 1. The predicted octanol–water partition coefficient (Wildman–Crippen LogP) is 1.33. The number of carbonyl (C=O) groups excluding carboxylic acids is 1. The van der Waals surface area contributed by atoms with Gasteiger partial charge in [0.1, 0.15) is 0 Å². The van der Waals surface area contributed by atoms with Crippen LogP contribution < -0.4 is 0 Å². The summed E-state index contributed by atoms with van der Waals surface area (Å²) < 4.78 is 0. The lowest BCUT2D eigenvalue weighted by Crippen LogP contribution is -2.34. The molecule has 2 saturated heterocycles. The van der Waals surface area contributed by atoms with Crippen molar-refractivity contribution < 1.29 is 4.79 Å². The van der Waals surface area contributed by atoms with Crippen molar-refractivity contribution in [3.63, 3.8) is 0 Å². The number of fused-ring (bicyclic) bond motifs is 1. The van der Waals surface area contributed by atoms with Crippen LogP contribution in [0, 0.1) is 5.92 Å². The maximum absolute atomic E-state index is 12.7. The summed E-state index contributed by atoms with van der Waals surface area (Å²) in [6.45, 7) is 4.00. The molecular formula is C15H23N3O. The van der Waals surface area contributed by atoms with Gasteiger partial charge in [-0.2, -0.15) is 0 Å². The highest BCUT2D eigenvalue weighted by molar-refractivity contribution is 6.24. The number of rotatable bonds is 1. The first-order chi connectivity index (χ1) is 9.20. The Hall–Kier alpha value is -1.16. The lowest BCUT2D eigenvalue weighted by molar-refractivity contribution is -0.125. The monoisotopic (exact) mass is 261 g/mol. The largest absolute Gasteiger partial charge is 0.339 e. The van der Waals surface area contributed by atoms with Crippen LogP contribution >= 0.6 is 0 Å². The molecule has 0 aromatic rings. The number of nitrogens with zero attached hydrogens (tertiary/aromatic N) is 3. The first-order valence-electron chi connectivity index (χ1n) is 7.37. The highest BCUT2D eigenvalue weighted by Crippen LogP contribution is 2.37. The van der Waals surface area contributed by atoms with Crippen LogP contribution in [0.3, 0.4) is 0 Å². The summed E-state index contributed by atoms with van der Waals surface area (Å²) >= 11 is 0. The van der Waals surface area contributed by atoms with Gasteiger partial charge < -0.3 is 9.80 Å². The van der Waals surface area contributed by atoms with Crippen molar-refractivity contribution in [2.24, 2.45) is 10.9 Å². The molecule has 0 spiro atoms. The normalized spacial score (nSPS) is 30.3. The Balaban J connectivity index is 1.91. The molecule has 4 nitrogen and oxygen atoms in total. The molecule has 4 heteroatoms. The van der Waals surface area contributed by atoms with Gasteiger partial charge in [0.2, 0.25) is 0 Å². The predicted molar refractivity (Wildman–Crippen MR) is 76.4 cm³/mol. The summed E-state index contributed by atoms with van der Waals surface area (Å²) in [6.07, 6.45) is 4.30. The highest BCUT2D eigenvalue weighted by Gasteiger charge is 2.38. The Morgan fingerprint density at radius 2 is 2.00 bits per heavy atom. The molecule has 1 aliphatic carbocycles. The Morgan fingerprint density at radius 1 is 1.26 bits per heavy atom. The molecule has 2 fully saturated rings. The summed E-state index contributed by atoms with van der Waals surface area (Å²) in [6, 6.07) is 0. The highest BCUT2D eigenvalue weighted by atomic mass is 16.2. The second kappa shape index (κ2) is 5.08. The van der Waals surface area contributed by atoms with Crippen LogP contribution in [0.1, 0.15) is 25.7 Å². The number of aliphatic imine (C=N–C) groups is 1. The Kier molecular flexibility index (Phi) is 3.44. The zero-order valence-corrected chi connectivity index (χ0v) is 12.0. The SMILES string of the molecule is CN=C1CC2CN(C)CCC2=C1C(=O)N1CCCC1. The zero-order valence-electron chi connectivity index (χ0n) is 12.0. The maximum atomic E-state index is 12.7. The average Bonchev–Trinajstić information content (AvgIpc) is 3.04. The van der Waals surface area contributed by atoms with E-state index in [-0.39, 0.29) is 5.91 Å². The first-order valence-corrected chi connectivity index (χ1v) is 7.37. The molecule has 0 aromatic carbocycles. The van der Waals surface area contributed by atoms with Crippen LogP contribution in [0.25, 0.3) is 0 Å². The number of amides is 1. The van der Waals surface area contributed by atoms with Gasteiger partial charge in [-0.25, -0.2) is 0 Å². The fraction of sp³-hybridized carbons (Fsp3) is 0.733. The van der Waals surface area contributed by atoms with Gasteiger partial charge in [-0.1, -0.05) is 0 Å². The van der Waals surface area contributed by atoms with E-state index in [1.165, 1.54) is 5.57 Å². The molecule has 0 bridgehead atoms. The van der Waals surface area contributed by atoms with Crippen molar-refractivity contribution in [3.8, 4) is 0 Å². The molecule has 0 radical (unpaired) electrons. The van der Waals surface area contributed by atoms with E-state index in [4.69, 9.17) is 0 Å². The fourth-order valence-electron chi connectivity index (χ4n) is 3.67. The molecule has 19 heavy (non-hydrogen) atoms. The molecule has 0 aromatic heterocycles. The van der Waals surface area contributed by atoms with Crippen LogP contribution in [0.2, 0.25) is 0 Å². The summed E-state index contributed by atoms with van der Waals surface area (Å²) in [4.78, 5) is 21.5. The molecule has 0 saturated carbocycles. The van der Waals surface area contributed by atoms with E-state index in [0.29, 0.717) is 5.92 Å². The van der Waals surface area contributed by atoms with Gasteiger partial charge in [-0.3, -0.25) is 9.79 Å². The molecule has 2 heterocycles. The van der Waals surface area contributed by atoms with E-state index in [0.717, 1.165) is 63.1 Å². The molecular weight excluding hydrogens is 238 g/mol.